The van der Waals surface area contributed by atoms with Crippen LogP contribution in [-0.2, 0) is 15.1 Å². The molecule has 18 heavy (non-hydrogen) atoms. The fourth-order valence-electron chi connectivity index (χ4n) is 2.63. The average Bonchev–Trinajstić information content (AvgIpc) is 2.67. The molecule has 1 aromatic carbocycles. The molecule has 2 heteroatoms. The normalized spacial score (nSPS) is 20.8. The summed E-state index contributed by atoms with van der Waals surface area (Å²) in [5.41, 5.74) is 3.03. The molecule has 0 saturated heterocycles. The van der Waals surface area contributed by atoms with Crippen molar-refractivity contribution in [3.8, 4) is 0 Å². The molecule has 1 unspecified atom stereocenters. The summed E-state index contributed by atoms with van der Waals surface area (Å²) in [5, 5.41) is 0. The van der Waals surface area contributed by atoms with E-state index in [0.29, 0.717) is 0 Å². The Bertz CT molecular complexity index is 488. The fraction of sp³-hybridized carbons (Fsp3) is 0.438. The third-order valence-electron chi connectivity index (χ3n) is 3.53. The van der Waals surface area contributed by atoms with Gasteiger partial charge < -0.3 is 4.74 Å². The highest BCUT2D eigenvalue weighted by molar-refractivity contribution is 5.72. The van der Waals surface area contributed by atoms with Crippen molar-refractivity contribution in [2.24, 2.45) is 0 Å². The van der Waals surface area contributed by atoms with Crippen molar-refractivity contribution >= 4 is 12.0 Å². The van der Waals surface area contributed by atoms with Crippen molar-refractivity contribution < 1.29 is 9.53 Å². The Morgan fingerprint density at radius 2 is 2.17 bits per heavy atom. The monoisotopic (exact) mass is 244 g/mol. The van der Waals surface area contributed by atoms with Crippen LogP contribution in [-0.4, -0.2) is 5.97 Å². The number of unbranched alkanes of at least 4 members (excludes halogenated alkanes) is 1. The van der Waals surface area contributed by atoms with E-state index in [2.05, 4.69) is 32.1 Å². The molecule has 0 radical (unpaired) electrons. The second-order valence-corrected chi connectivity index (χ2v) is 4.96. The van der Waals surface area contributed by atoms with Gasteiger partial charge in [0, 0.05) is 12.5 Å². The van der Waals surface area contributed by atoms with Crippen LogP contribution in [0.2, 0.25) is 0 Å². The van der Waals surface area contributed by atoms with Crippen molar-refractivity contribution in [2.45, 2.75) is 45.6 Å². The molecule has 2 rings (SSSR count). The number of fused-ring (bicyclic) bond motifs is 1. The number of rotatable bonds is 4. The molecule has 0 bridgehead atoms. The molecular weight excluding hydrogens is 224 g/mol. The maximum absolute atomic E-state index is 11.4. The molecule has 0 aromatic heterocycles. The smallest absolute Gasteiger partial charge is 0.303 e. The first-order valence-corrected chi connectivity index (χ1v) is 6.58. The summed E-state index contributed by atoms with van der Waals surface area (Å²) in [7, 11) is 0. The van der Waals surface area contributed by atoms with Crippen molar-refractivity contribution in [2.75, 3.05) is 0 Å². The SMILES string of the molecule is CCCCC1(OC(C)=O)C=Cc2c(C)cccc21. The van der Waals surface area contributed by atoms with Gasteiger partial charge >= 0.3 is 5.97 Å². The first-order valence-electron chi connectivity index (χ1n) is 6.58. The summed E-state index contributed by atoms with van der Waals surface area (Å²) in [6.45, 7) is 5.72. The molecular formula is C16H20O2. The van der Waals surface area contributed by atoms with Gasteiger partial charge in [-0.15, -0.1) is 0 Å². The van der Waals surface area contributed by atoms with Crippen LogP contribution in [0.25, 0.3) is 6.08 Å². The van der Waals surface area contributed by atoms with Crippen LogP contribution in [0.3, 0.4) is 0 Å². The van der Waals surface area contributed by atoms with E-state index in [1.54, 1.807) is 0 Å². The molecule has 2 nitrogen and oxygen atoms in total. The Hall–Kier alpha value is -1.57. The second kappa shape index (κ2) is 4.97. The van der Waals surface area contributed by atoms with Gasteiger partial charge in [-0.25, -0.2) is 0 Å². The highest BCUT2D eigenvalue weighted by Gasteiger charge is 2.37. The third-order valence-corrected chi connectivity index (χ3v) is 3.53. The maximum atomic E-state index is 11.4. The highest BCUT2D eigenvalue weighted by Crippen LogP contribution is 2.42. The molecule has 0 heterocycles. The van der Waals surface area contributed by atoms with Crippen LogP contribution in [0.1, 0.15) is 49.8 Å². The Labute approximate surface area is 109 Å². The molecule has 0 saturated carbocycles. The van der Waals surface area contributed by atoms with E-state index >= 15 is 0 Å². The van der Waals surface area contributed by atoms with E-state index in [1.807, 2.05) is 12.1 Å². The van der Waals surface area contributed by atoms with Crippen molar-refractivity contribution in [3.05, 3.63) is 41.0 Å². The molecule has 1 aliphatic rings. The zero-order valence-electron chi connectivity index (χ0n) is 11.3. The number of ether oxygens (including phenoxy) is 1. The molecule has 96 valence electrons. The lowest BCUT2D eigenvalue weighted by Crippen LogP contribution is -2.28. The highest BCUT2D eigenvalue weighted by atomic mass is 16.6. The van der Waals surface area contributed by atoms with Crippen LogP contribution in [0.5, 0.6) is 0 Å². The van der Waals surface area contributed by atoms with E-state index in [4.69, 9.17) is 4.74 Å². The molecule has 1 atom stereocenters. The molecule has 1 aliphatic carbocycles. The summed E-state index contributed by atoms with van der Waals surface area (Å²) >= 11 is 0. The minimum atomic E-state index is -0.538. The van der Waals surface area contributed by atoms with Gasteiger partial charge in [0.25, 0.3) is 0 Å². The average molecular weight is 244 g/mol. The quantitative estimate of drug-likeness (QED) is 0.749. The van der Waals surface area contributed by atoms with Gasteiger partial charge in [0.1, 0.15) is 0 Å². The summed E-state index contributed by atoms with van der Waals surface area (Å²) in [6, 6.07) is 6.19. The predicted octanol–water partition coefficient (Wildman–Crippen LogP) is 3.97. The molecule has 0 fully saturated rings. The first kappa shape index (κ1) is 12.9. The number of hydrogen-bond donors (Lipinski definition) is 0. The predicted molar refractivity (Wildman–Crippen MR) is 73.2 cm³/mol. The van der Waals surface area contributed by atoms with E-state index in [0.717, 1.165) is 24.8 Å². The van der Waals surface area contributed by atoms with E-state index in [1.165, 1.54) is 18.1 Å². The topological polar surface area (TPSA) is 26.3 Å². The van der Waals surface area contributed by atoms with Crippen molar-refractivity contribution in [1.82, 2.24) is 0 Å². The Morgan fingerprint density at radius 3 is 2.83 bits per heavy atom. The number of carbonyl (C=O) groups excluding carboxylic acids is 1. The van der Waals surface area contributed by atoms with E-state index in [9.17, 15) is 4.79 Å². The number of aryl methyl sites for hydroxylation is 1. The minimum absolute atomic E-state index is 0.217. The summed E-state index contributed by atoms with van der Waals surface area (Å²) < 4.78 is 5.66. The van der Waals surface area contributed by atoms with Crippen molar-refractivity contribution in [3.63, 3.8) is 0 Å². The van der Waals surface area contributed by atoms with E-state index in [-0.39, 0.29) is 5.97 Å². The van der Waals surface area contributed by atoms with Crippen LogP contribution in [0, 0.1) is 6.92 Å². The van der Waals surface area contributed by atoms with Gasteiger partial charge in [-0.2, -0.15) is 0 Å². The van der Waals surface area contributed by atoms with Gasteiger partial charge in [0.15, 0.2) is 5.60 Å². The fourth-order valence-corrected chi connectivity index (χ4v) is 2.63. The zero-order valence-corrected chi connectivity index (χ0v) is 11.3. The zero-order chi connectivity index (χ0) is 13.2. The van der Waals surface area contributed by atoms with Crippen LogP contribution >= 0.6 is 0 Å². The van der Waals surface area contributed by atoms with Crippen LogP contribution in [0.15, 0.2) is 24.3 Å². The molecule has 0 spiro atoms. The first-order chi connectivity index (χ1) is 8.59. The number of esters is 1. The van der Waals surface area contributed by atoms with Crippen LogP contribution in [0.4, 0.5) is 0 Å². The minimum Gasteiger partial charge on any atom is -0.450 e. The lowest BCUT2D eigenvalue weighted by molar-refractivity contribution is -0.153. The van der Waals surface area contributed by atoms with Gasteiger partial charge in [-0.1, -0.05) is 37.6 Å². The standard InChI is InChI=1S/C16H20O2/c1-4-5-10-16(18-13(3)17)11-9-14-12(2)7-6-8-15(14)16/h6-9,11H,4-5,10H2,1-3H3. The number of benzene rings is 1. The summed E-state index contributed by atoms with van der Waals surface area (Å²) in [5.74, 6) is -0.217. The molecule has 0 N–H and O–H groups in total. The largest absolute Gasteiger partial charge is 0.450 e. The Morgan fingerprint density at radius 1 is 1.39 bits per heavy atom. The Kier molecular flexibility index (Phi) is 3.55. The molecule has 0 aliphatic heterocycles. The summed E-state index contributed by atoms with van der Waals surface area (Å²) in [4.78, 5) is 11.4. The second-order valence-electron chi connectivity index (χ2n) is 4.96. The number of carbonyl (C=O) groups is 1. The van der Waals surface area contributed by atoms with Gasteiger partial charge in [0.2, 0.25) is 0 Å². The van der Waals surface area contributed by atoms with Crippen molar-refractivity contribution in [1.29, 1.82) is 0 Å². The van der Waals surface area contributed by atoms with Gasteiger partial charge in [-0.3, -0.25) is 4.79 Å². The van der Waals surface area contributed by atoms with Gasteiger partial charge in [0.05, 0.1) is 0 Å². The summed E-state index contributed by atoms with van der Waals surface area (Å²) in [6.07, 6.45) is 7.13. The Balaban J connectivity index is 2.42. The number of hydrogen-bond acceptors (Lipinski definition) is 2. The molecule has 1 aromatic rings. The third kappa shape index (κ3) is 2.20. The van der Waals surface area contributed by atoms with Crippen LogP contribution < -0.4 is 0 Å². The van der Waals surface area contributed by atoms with Gasteiger partial charge in [-0.05, 0) is 37.0 Å². The van der Waals surface area contributed by atoms with E-state index < -0.39 is 5.60 Å². The maximum Gasteiger partial charge on any atom is 0.303 e. The molecule has 0 amide bonds. The lowest BCUT2D eigenvalue weighted by atomic mass is 9.89. The lowest BCUT2D eigenvalue weighted by Gasteiger charge is -2.29.